The lowest BCUT2D eigenvalue weighted by molar-refractivity contribution is 0.233. The van der Waals surface area contributed by atoms with E-state index in [1.54, 1.807) is 0 Å². The normalized spacial score (nSPS) is 42.8. The minimum absolute atomic E-state index is 0.00209. The summed E-state index contributed by atoms with van der Waals surface area (Å²) >= 11 is 11.0. The molecule has 1 aliphatic rings. The zero-order chi connectivity index (χ0) is 15.8. The van der Waals surface area contributed by atoms with Crippen LogP contribution in [-0.4, -0.2) is 42.6 Å². The van der Waals surface area contributed by atoms with Crippen molar-refractivity contribution in [2.75, 3.05) is 37.9 Å². The lowest BCUT2D eigenvalue weighted by Crippen LogP contribution is -2.35. The predicted molar refractivity (Wildman–Crippen MR) is 59.2 cm³/mol. The van der Waals surface area contributed by atoms with Gasteiger partial charge in [0.15, 0.2) is 0 Å². The molecule has 0 saturated carbocycles. The molecule has 0 amide bonds. The van der Waals surface area contributed by atoms with E-state index < -0.39 is 39.5 Å². The highest BCUT2D eigenvalue weighted by Crippen LogP contribution is 2.47. The lowest BCUT2D eigenvalue weighted by Gasteiger charge is -2.33. The highest BCUT2D eigenvalue weighted by Gasteiger charge is 2.32. The summed E-state index contributed by atoms with van der Waals surface area (Å²) in [7, 11) is -3.98. The van der Waals surface area contributed by atoms with Gasteiger partial charge in [0, 0.05) is 36.8 Å². The van der Waals surface area contributed by atoms with Crippen molar-refractivity contribution in [2.45, 2.75) is 6.37 Å². The first-order chi connectivity index (χ1) is 8.83. The molecule has 1 fully saturated rings. The second kappa shape index (κ2) is 6.31. The third-order valence-electron chi connectivity index (χ3n) is 1.57. The van der Waals surface area contributed by atoms with Crippen molar-refractivity contribution in [2.24, 2.45) is 0 Å². The Morgan fingerprint density at radius 2 is 2.43 bits per heavy atom. The van der Waals surface area contributed by atoms with Gasteiger partial charge < -0.3 is 4.52 Å². The molecule has 84 valence electrons. The number of hydrogen-bond donors (Lipinski definition) is 1. The summed E-state index contributed by atoms with van der Waals surface area (Å²) in [5.41, 5.74) is 0. The Morgan fingerprint density at radius 3 is 3.00 bits per heavy atom. The van der Waals surface area contributed by atoms with Crippen LogP contribution >= 0.6 is 30.9 Å². The number of nitrogens with zero attached hydrogens (tertiary/aromatic N) is 1. The van der Waals surface area contributed by atoms with Gasteiger partial charge >= 0.3 is 7.67 Å². The smallest absolute Gasteiger partial charge is 0.306 e. The van der Waals surface area contributed by atoms with E-state index in [0.29, 0.717) is 0 Å². The average Bonchev–Trinajstić information content (AvgIpc) is 2.22. The molecule has 1 unspecified atom stereocenters. The summed E-state index contributed by atoms with van der Waals surface area (Å²) in [6, 6.07) is 0. The SMILES string of the molecule is [2H]C([2H])(Cl)CN(CCCl)P1(=O)NCC([2H])([2H])C([2H])([2H])O1. The molecule has 0 aromatic rings. The first-order valence-corrected chi connectivity index (χ1v) is 6.38. The average molecular weight is 267 g/mol. The molecule has 1 saturated heterocycles. The van der Waals surface area contributed by atoms with Crippen LogP contribution in [0.15, 0.2) is 0 Å². The Balaban J connectivity index is 2.99. The monoisotopic (exact) mass is 266 g/mol. The Hall–Kier alpha value is 0.690. The van der Waals surface area contributed by atoms with E-state index in [9.17, 15) is 4.57 Å². The largest absolute Gasteiger partial charge is 0.343 e. The van der Waals surface area contributed by atoms with Gasteiger partial charge in [-0.15, -0.1) is 23.2 Å². The van der Waals surface area contributed by atoms with Crippen molar-refractivity contribution in [3.05, 3.63) is 0 Å². The molecule has 7 heteroatoms. The molecule has 0 aromatic carbocycles. The van der Waals surface area contributed by atoms with Gasteiger partial charge in [-0.25, -0.2) is 9.76 Å². The third-order valence-corrected chi connectivity index (χ3v) is 3.84. The van der Waals surface area contributed by atoms with Gasteiger partial charge in [-0.3, -0.25) is 4.57 Å². The van der Waals surface area contributed by atoms with E-state index in [1.807, 2.05) is 0 Å². The summed E-state index contributed by atoms with van der Waals surface area (Å²) in [4.78, 5) is 0. The van der Waals surface area contributed by atoms with E-state index in [2.05, 4.69) is 5.09 Å². The van der Waals surface area contributed by atoms with Gasteiger partial charge in [0.1, 0.15) is 0 Å². The molecule has 0 radical (unpaired) electrons. The topological polar surface area (TPSA) is 41.6 Å². The molecule has 0 aromatic heterocycles. The highest BCUT2D eigenvalue weighted by molar-refractivity contribution is 7.54. The van der Waals surface area contributed by atoms with E-state index in [1.165, 1.54) is 0 Å². The molecule has 14 heavy (non-hydrogen) atoms. The first-order valence-electron chi connectivity index (χ1n) is 6.89. The second-order valence-corrected chi connectivity index (χ2v) is 5.19. The van der Waals surface area contributed by atoms with Crippen LogP contribution in [-0.2, 0) is 9.09 Å². The van der Waals surface area contributed by atoms with Gasteiger partial charge in [-0.05, 0) is 6.37 Å². The minimum atomic E-state index is -3.98. The maximum Gasteiger partial charge on any atom is 0.343 e. The summed E-state index contributed by atoms with van der Waals surface area (Å²) in [5, 5.41) is 2.31. The molecule has 0 aliphatic carbocycles. The quantitative estimate of drug-likeness (QED) is 0.610. The number of nitrogens with one attached hydrogen (secondary N) is 1. The second-order valence-electron chi connectivity index (χ2n) is 2.44. The van der Waals surface area contributed by atoms with Crippen molar-refractivity contribution in [3.63, 3.8) is 0 Å². The van der Waals surface area contributed by atoms with Crippen LogP contribution in [0, 0.1) is 0 Å². The van der Waals surface area contributed by atoms with Gasteiger partial charge in [0.05, 0.1) is 9.30 Å². The zero-order valence-electron chi connectivity index (χ0n) is 13.3. The van der Waals surface area contributed by atoms with Crippen molar-refractivity contribution in [1.82, 2.24) is 9.76 Å². The fraction of sp³-hybridized carbons (Fsp3) is 1.00. The summed E-state index contributed by atoms with van der Waals surface area (Å²) in [5.74, 6) is -2.21. The summed E-state index contributed by atoms with van der Waals surface area (Å²) in [6.45, 7) is -3.89. The molecule has 1 atom stereocenters. The minimum Gasteiger partial charge on any atom is -0.306 e. The van der Waals surface area contributed by atoms with E-state index in [4.69, 9.17) is 36.0 Å². The van der Waals surface area contributed by atoms with Crippen LogP contribution in [0.1, 0.15) is 14.6 Å². The zero-order valence-corrected chi connectivity index (χ0v) is 9.70. The molecule has 1 N–H and O–H groups in total. The van der Waals surface area contributed by atoms with Gasteiger partial charge in [0.2, 0.25) is 0 Å². The predicted octanol–water partition coefficient (Wildman–Crippen LogP) is 1.88. The van der Waals surface area contributed by atoms with E-state index in [0.717, 1.165) is 4.67 Å². The maximum absolute atomic E-state index is 12.6. The Kier molecular flexibility index (Phi) is 2.90. The fourth-order valence-corrected chi connectivity index (χ4v) is 2.95. The van der Waals surface area contributed by atoms with Crippen LogP contribution < -0.4 is 5.09 Å². The standard InChI is InChI=1S/C7H15Cl2N2O2P/c8-2-5-11(6-3-9)14(12)10-4-1-7-13-14/h1-7H2,(H,10,12)/i1D2,2D2,7D2. The van der Waals surface area contributed by atoms with Gasteiger partial charge in [0.25, 0.3) is 0 Å². The van der Waals surface area contributed by atoms with E-state index in [-0.39, 0.29) is 12.4 Å². The van der Waals surface area contributed by atoms with Crippen LogP contribution in [0.4, 0.5) is 0 Å². The third kappa shape index (κ3) is 3.37. The Labute approximate surface area is 103 Å². The number of alkyl halides is 2. The lowest BCUT2D eigenvalue weighted by atomic mass is 10.5. The van der Waals surface area contributed by atoms with Gasteiger partial charge in [-0.1, -0.05) is 0 Å². The first kappa shape index (κ1) is 6.43. The van der Waals surface area contributed by atoms with Crippen LogP contribution in [0.3, 0.4) is 0 Å². The van der Waals surface area contributed by atoms with Gasteiger partial charge in [-0.2, -0.15) is 0 Å². The van der Waals surface area contributed by atoms with Crippen molar-refractivity contribution >= 4 is 30.9 Å². The molecule has 0 spiro atoms. The van der Waals surface area contributed by atoms with Crippen LogP contribution in [0.25, 0.3) is 0 Å². The van der Waals surface area contributed by atoms with Crippen molar-refractivity contribution in [1.29, 1.82) is 0 Å². The van der Waals surface area contributed by atoms with Crippen molar-refractivity contribution < 1.29 is 17.3 Å². The van der Waals surface area contributed by atoms with Crippen LogP contribution in [0.5, 0.6) is 0 Å². The molecule has 1 heterocycles. The Bertz CT molecular complexity index is 407. The number of hydrogen-bond acceptors (Lipinski definition) is 2. The van der Waals surface area contributed by atoms with Crippen LogP contribution in [0.2, 0.25) is 0 Å². The number of halogens is 2. The number of rotatable bonds is 5. The molecule has 0 bridgehead atoms. The molecular formula is C7H15Cl2N2O2P. The Morgan fingerprint density at radius 1 is 1.64 bits per heavy atom. The highest BCUT2D eigenvalue weighted by atomic mass is 35.5. The van der Waals surface area contributed by atoms with Crippen molar-refractivity contribution in [3.8, 4) is 0 Å². The maximum atomic E-state index is 12.6. The summed E-state index contributed by atoms with van der Waals surface area (Å²) in [6.07, 6.45) is -2.37. The molecule has 4 nitrogen and oxygen atoms in total. The molecule has 1 rings (SSSR count). The summed E-state index contributed by atoms with van der Waals surface area (Å²) < 4.78 is 62.9. The molecule has 1 aliphatic heterocycles. The fourth-order valence-electron chi connectivity index (χ4n) is 0.930. The van der Waals surface area contributed by atoms with E-state index >= 15 is 0 Å². The molecular weight excluding hydrogens is 246 g/mol.